The molecule has 0 radical (unpaired) electrons. The van der Waals surface area contributed by atoms with Crippen LogP contribution >= 0.6 is 0 Å². The second kappa shape index (κ2) is 5.32. The highest BCUT2D eigenvalue weighted by atomic mass is 16.3. The van der Waals surface area contributed by atoms with Gasteiger partial charge in [0.1, 0.15) is 0 Å². The number of piperidine rings is 1. The maximum Gasteiger partial charge on any atom is 0.0502 e. The van der Waals surface area contributed by atoms with Gasteiger partial charge in [-0.15, -0.1) is 0 Å². The van der Waals surface area contributed by atoms with Gasteiger partial charge < -0.3 is 10.4 Å². The van der Waals surface area contributed by atoms with Crippen LogP contribution in [0.25, 0.3) is 10.8 Å². The summed E-state index contributed by atoms with van der Waals surface area (Å²) in [5.41, 5.74) is 1.37. The number of hydrogen-bond acceptors (Lipinski definition) is 2. The Morgan fingerprint density at radius 2 is 1.95 bits per heavy atom. The maximum absolute atomic E-state index is 9.83. The van der Waals surface area contributed by atoms with Crippen LogP contribution in [-0.4, -0.2) is 24.8 Å². The van der Waals surface area contributed by atoms with Gasteiger partial charge in [-0.1, -0.05) is 42.5 Å². The molecule has 1 aliphatic rings. The standard InChI is InChI=1S/C17H21NO/c19-13-17(9-4-10-18-12-17)11-15-7-3-6-14-5-1-2-8-16(14)15/h1-3,5-8,18-19H,4,9-13H2. The summed E-state index contributed by atoms with van der Waals surface area (Å²) in [6.45, 7) is 2.27. The number of benzene rings is 2. The molecule has 1 atom stereocenters. The Hall–Kier alpha value is -1.38. The third-order valence-electron chi connectivity index (χ3n) is 4.34. The third-order valence-corrected chi connectivity index (χ3v) is 4.34. The fraction of sp³-hybridized carbons (Fsp3) is 0.412. The van der Waals surface area contributed by atoms with Gasteiger partial charge >= 0.3 is 0 Å². The summed E-state index contributed by atoms with van der Waals surface area (Å²) < 4.78 is 0. The van der Waals surface area contributed by atoms with E-state index in [0.717, 1.165) is 32.4 Å². The van der Waals surface area contributed by atoms with Gasteiger partial charge in [-0.25, -0.2) is 0 Å². The van der Waals surface area contributed by atoms with Crippen LogP contribution in [0.2, 0.25) is 0 Å². The van der Waals surface area contributed by atoms with Crippen molar-refractivity contribution in [2.24, 2.45) is 5.41 Å². The fourth-order valence-corrected chi connectivity index (χ4v) is 3.22. The normalized spacial score (nSPS) is 23.6. The van der Waals surface area contributed by atoms with E-state index in [-0.39, 0.29) is 12.0 Å². The van der Waals surface area contributed by atoms with Crippen LogP contribution in [-0.2, 0) is 6.42 Å². The SMILES string of the molecule is OCC1(Cc2cccc3ccccc23)CCCNC1. The highest BCUT2D eigenvalue weighted by Crippen LogP contribution is 2.32. The Morgan fingerprint density at radius 1 is 1.11 bits per heavy atom. The number of aliphatic hydroxyl groups is 1. The molecule has 1 aliphatic heterocycles. The number of rotatable bonds is 3. The van der Waals surface area contributed by atoms with Crippen LogP contribution < -0.4 is 5.32 Å². The lowest BCUT2D eigenvalue weighted by atomic mass is 9.76. The van der Waals surface area contributed by atoms with E-state index in [2.05, 4.69) is 47.8 Å². The lowest BCUT2D eigenvalue weighted by Gasteiger charge is -2.36. The first-order valence-corrected chi connectivity index (χ1v) is 7.11. The van der Waals surface area contributed by atoms with Gasteiger partial charge in [0.2, 0.25) is 0 Å². The average Bonchev–Trinajstić information content (AvgIpc) is 2.49. The van der Waals surface area contributed by atoms with Gasteiger partial charge in [-0.3, -0.25) is 0 Å². The van der Waals surface area contributed by atoms with Crippen molar-refractivity contribution in [1.29, 1.82) is 0 Å². The summed E-state index contributed by atoms with van der Waals surface area (Å²) in [6, 6.07) is 15.0. The van der Waals surface area contributed by atoms with Gasteiger partial charge in [-0.05, 0) is 42.1 Å². The Labute approximate surface area is 114 Å². The molecule has 1 unspecified atom stereocenters. The summed E-state index contributed by atoms with van der Waals surface area (Å²) in [5, 5.41) is 15.9. The molecule has 1 heterocycles. The number of fused-ring (bicyclic) bond motifs is 1. The average molecular weight is 255 g/mol. The highest BCUT2D eigenvalue weighted by molar-refractivity contribution is 5.85. The predicted molar refractivity (Wildman–Crippen MR) is 79.3 cm³/mol. The summed E-state index contributed by atoms with van der Waals surface area (Å²) in [4.78, 5) is 0. The van der Waals surface area contributed by atoms with Crippen molar-refractivity contribution in [3.05, 3.63) is 48.0 Å². The van der Waals surface area contributed by atoms with Gasteiger partial charge in [-0.2, -0.15) is 0 Å². The number of aliphatic hydroxyl groups excluding tert-OH is 1. The minimum Gasteiger partial charge on any atom is -0.396 e. The molecule has 1 fully saturated rings. The summed E-state index contributed by atoms with van der Waals surface area (Å²) in [7, 11) is 0. The van der Waals surface area contributed by atoms with Crippen molar-refractivity contribution < 1.29 is 5.11 Å². The van der Waals surface area contributed by atoms with Crippen LogP contribution in [0.1, 0.15) is 18.4 Å². The monoisotopic (exact) mass is 255 g/mol. The zero-order valence-corrected chi connectivity index (χ0v) is 11.2. The molecule has 0 saturated carbocycles. The van der Waals surface area contributed by atoms with Crippen LogP contribution in [0.5, 0.6) is 0 Å². The largest absolute Gasteiger partial charge is 0.396 e. The van der Waals surface area contributed by atoms with Crippen molar-refractivity contribution >= 4 is 10.8 Å². The molecule has 1 saturated heterocycles. The highest BCUT2D eigenvalue weighted by Gasteiger charge is 2.31. The molecule has 3 rings (SSSR count). The molecule has 2 aromatic carbocycles. The Bertz CT molecular complexity index is 553. The molecule has 2 nitrogen and oxygen atoms in total. The summed E-state index contributed by atoms with van der Waals surface area (Å²) in [6.07, 6.45) is 3.23. The minimum atomic E-state index is 0.0162. The van der Waals surface area contributed by atoms with Crippen LogP contribution in [0.15, 0.2) is 42.5 Å². The van der Waals surface area contributed by atoms with Gasteiger partial charge in [0.25, 0.3) is 0 Å². The molecule has 0 amide bonds. The van der Waals surface area contributed by atoms with E-state index in [1.165, 1.54) is 16.3 Å². The smallest absolute Gasteiger partial charge is 0.0502 e. The quantitative estimate of drug-likeness (QED) is 0.884. The molecular formula is C17H21NO. The molecule has 2 N–H and O–H groups in total. The molecule has 0 spiro atoms. The predicted octanol–water partition coefficient (Wildman–Crippen LogP) is 2.74. The molecule has 2 heteroatoms. The topological polar surface area (TPSA) is 32.3 Å². The zero-order chi connectivity index (χ0) is 13.1. The van der Waals surface area contributed by atoms with Gasteiger partial charge in [0, 0.05) is 12.0 Å². The molecule has 19 heavy (non-hydrogen) atoms. The second-order valence-electron chi connectivity index (χ2n) is 5.75. The first-order chi connectivity index (χ1) is 9.33. The van der Waals surface area contributed by atoms with Crippen molar-refractivity contribution in [1.82, 2.24) is 5.32 Å². The molecular weight excluding hydrogens is 234 g/mol. The first kappa shape index (κ1) is 12.6. The van der Waals surface area contributed by atoms with Crippen molar-refractivity contribution in [3.63, 3.8) is 0 Å². The van der Waals surface area contributed by atoms with Crippen LogP contribution in [0, 0.1) is 5.41 Å². The van der Waals surface area contributed by atoms with E-state index in [1.54, 1.807) is 0 Å². The molecule has 0 aliphatic carbocycles. The van der Waals surface area contributed by atoms with E-state index in [4.69, 9.17) is 0 Å². The second-order valence-corrected chi connectivity index (χ2v) is 5.75. The molecule has 0 aromatic heterocycles. The lowest BCUT2D eigenvalue weighted by molar-refractivity contribution is 0.0951. The molecule has 0 bridgehead atoms. The summed E-state index contributed by atoms with van der Waals surface area (Å²) in [5.74, 6) is 0. The van der Waals surface area contributed by atoms with E-state index < -0.39 is 0 Å². The van der Waals surface area contributed by atoms with E-state index in [1.807, 2.05) is 0 Å². The molecule has 2 aromatic rings. The van der Waals surface area contributed by atoms with Crippen LogP contribution in [0.3, 0.4) is 0 Å². The van der Waals surface area contributed by atoms with Crippen molar-refractivity contribution in [3.8, 4) is 0 Å². The summed E-state index contributed by atoms with van der Waals surface area (Å²) >= 11 is 0. The maximum atomic E-state index is 9.83. The fourth-order valence-electron chi connectivity index (χ4n) is 3.22. The van der Waals surface area contributed by atoms with Gasteiger partial charge in [0.05, 0.1) is 6.61 Å². The Morgan fingerprint density at radius 3 is 2.74 bits per heavy atom. The van der Waals surface area contributed by atoms with E-state index in [9.17, 15) is 5.11 Å². The number of hydrogen-bond donors (Lipinski definition) is 2. The first-order valence-electron chi connectivity index (χ1n) is 7.11. The van der Waals surface area contributed by atoms with E-state index >= 15 is 0 Å². The Kier molecular flexibility index (Phi) is 3.54. The minimum absolute atomic E-state index is 0.0162. The van der Waals surface area contributed by atoms with Gasteiger partial charge in [0.15, 0.2) is 0 Å². The van der Waals surface area contributed by atoms with Crippen molar-refractivity contribution in [2.45, 2.75) is 19.3 Å². The van der Waals surface area contributed by atoms with Crippen LogP contribution in [0.4, 0.5) is 0 Å². The lowest BCUT2D eigenvalue weighted by Crippen LogP contribution is -2.44. The molecule has 100 valence electrons. The third kappa shape index (κ3) is 2.51. The van der Waals surface area contributed by atoms with Crippen molar-refractivity contribution in [2.75, 3.05) is 19.7 Å². The van der Waals surface area contributed by atoms with E-state index in [0.29, 0.717) is 0 Å². The zero-order valence-electron chi connectivity index (χ0n) is 11.2. The Balaban J connectivity index is 1.96. The number of nitrogens with one attached hydrogen (secondary N) is 1.